The smallest absolute Gasteiger partial charge is 0.267 e. The van der Waals surface area contributed by atoms with Crippen molar-refractivity contribution in [2.75, 3.05) is 0 Å². The number of carbonyl (C=O) groups excluding carboxylic acids is 1. The van der Waals surface area contributed by atoms with E-state index in [9.17, 15) is 14.9 Å². The van der Waals surface area contributed by atoms with Crippen molar-refractivity contribution in [2.24, 2.45) is 5.10 Å². The SMILES string of the molecule is CCCC(CCC)=NNC(=O)c1ccc([N+](=O)[O-])c(C)c1. The Bertz CT molecular complexity index is 545. The zero-order chi connectivity index (χ0) is 15.8. The van der Waals surface area contributed by atoms with E-state index < -0.39 is 4.92 Å². The number of hydrazone groups is 1. The molecule has 0 unspecified atom stereocenters. The second-order valence-corrected chi connectivity index (χ2v) is 4.88. The third-order valence-electron chi connectivity index (χ3n) is 3.05. The van der Waals surface area contributed by atoms with Crippen LogP contribution in [0.15, 0.2) is 23.3 Å². The standard InChI is InChI=1S/C15H21N3O3/c1-4-6-13(7-5-2)16-17-15(19)12-8-9-14(18(20)21)11(3)10-12/h8-10H,4-7H2,1-3H3,(H,17,19). The van der Waals surface area contributed by atoms with E-state index >= 15 is 0 Å². The number of nitro benzene ring substituents is 1. The first kappa shape index (κ1) is 16.8. The summed E-state index contributed by atoms with van der Waals surface area (Å²) >= 11 is 0. The molecule has 0 aliphatic rings. The van der Waals surface area contributed by atoms with Crippen LogP contribution in [0.4, 0.5) is 5.69 Å². The van der Waals surface area contributed by atoms with Gasteiger partial charge in [-0.05, 0) is 31.9 Å². The lowest BCUT2D eigenvalue weighted by molar-refractivity contribution is -0.385. The lowest BCUT2D eigenvalue weighted by Gasteiger charge is -2.05. The van der Waals surface area contributed by atoms with E-state index in [1.54, 1.807) is 6.92 Å². The van der Waals surface area contributed by atoms with Crippen molar-refractivity contribution >= 4 is 17.3 Å². The summed E-state index contributed by atoms with van der Waals surface area (Å²) in [4.78, 5) is 22.3. The molecule has 0 radical (unpaired) electrons. The van der Waals surface area contributed by atoms with Crippen LogP contribution < -0.4 is 5.43 Å². The van der Waals surface area contributed by atoms with Gasteiger partial charge < -0.3 is 0 Å². The van der Waals surface area contributed by atoms with Crippen molar-refractivity contribution in [2.45, 2.75) is 46.5 Å². The molecule has 1 aromatic rings. The molecule has 1 rings (SSSR count). The maximum atomic E-state index is 12.0. The van der Waals surface area contributed by atoms with Crippen LogP contribution in [-0.2, 0) is 0 Å². The molecule has 0 aliphatic carbocycles. The Labute approximate surface area is 124 Å². The predicted molar refractivity (Wildman–Crippen MR) is 82.6 cm³/mol. The molecule has 0 aliphatic heterocycles. The van der Waals surface area contributed by atoms with Crippen LogP contribution in [0.5, 0.6) is 0 Å². The summed E-state index contributed by atoms with van der Waals surface area (Å²) in [7, 11) is 0. The summed E-state index contributed by atoms with van der Waals surface area (Å²) in [6.45, 7) is 5.73. The topological polar surface area (TPSA) is 84.6 Å². The maximum absolute atomic E-state index is 12.0. The monoisotopic (exact) mass is 291 g/mol. The Morgan fingerprint density at radius 3 is 2.38 bits per heavy atom. The number of nitrogens with one attached hydrogen (secondary N) is 1. The fourth-order valence-electron chi connectivity index (χ4n) is 2.01. The number of aryl methyl sites for hydroxylation is 1. The predicted octanol–water partition coefficient (Wildman–Crippen LogP) is 3.59. The molecule has 0 fully saturated rings. The number of amides is 1. The Morgan fingerprint density at radius 1 is 1.29 bits per heavy atom. The first-order chi connectivity index (χ1) is 9.99. The molecule has 114 valence electrons. The van der Waals surface area contributed by atoms with E-state index in [2.05, 4.69) is 24.4 Å². The molecule has 0 spiro atoms. The number of nitrogens with zero attached hydrogens (tertiary/aromatic N) is 2. The summed E-state index contributed by atoms with van der Waals surface area (Å²) in [6.07, 6.45) is 3.66. The highest BCUT2D eigenvalue weighted by Crippen LogP contribution is 2.18. The van der Waals surface area contributed by atoms with Gasteiger partial charge in [0, 0.05) is 22.9 Å². The van der Waals surface area contributed by atoms with Crippen molar-refractivity contribution in [3.05, 3.63) is 39.4 Å². The van der Waals surface area contributed by atoms with E-state index in [0.29, 0.717) is 11.1 Å². The van der Waals surface area contributed by atoms with Crippen molar-refractivity contribution in [1.82, 2.24) is 5.43 Å². The van der Waals surface area contributed by atoms with Gasteiger partial charge in [0.2, 0.25) is 0 Å². The fourth-order valence-corrected chi connectivity index (χ4v) is 2.01. The molecule has 6 nitrogen and oxygen atoms in total. The molecule has 0 saturated heterocycles. The molecule has 1 N–H and O–H groups in total. The van der Waals surface area contributed by atoms with E-state index in [1.165, 1.54) is 18.2 Å². The highest BCUT2D eigenvalue weighted by atomic mass is 16.6. The van der Waals surface area contributed by atoms with Crippen molar-refractivity contribution in [3.63, 3.8) is 0 Å². The highest BCUT2D eigenvalue weighted by molar-refractivity contribution is 5.95. The molecule has 0 heterocycles. The molecule has 0 bridgehead atoms. The number of benzene rings is 1. The molecule has 1 aromatic carbocycles. The van der Waals surface area contributed by atoms with E-state index in [0.717, 1.165) is 31.4 Å². The zero-order valence-corrected chi connectivity index (χ0v) is 12.7. The molecular formula is C15H21N3O3. The third-order valence-corrected chi connectivity index (χ3v) is 3.05. The Morgan fingerprint density at radius 2 is 1.90 bits per heavy atom. The van der Waals surface area contributed by atoms with Gasteiger partial charge in [0.1, 0.15) is 0 Å². The normalized spacial score (nSPS) is 10.0. The number of hydrogen-bond acceptors (Lipinski definition) is 4. The largest absolute Gasteiger partial charge is 0.272 e. The van der Waals surface area contributed by atoms with Crippen LogP contribution in [0.1, 0.15) is 55.5 Å². The lowest BCUT2D eigenvalue weighted by Crippen LogP contribution is -2.20. The Kier molecular flexibility index (Phi) is 6.52. The Balaban J connectivity index is 2.82. The number of carbonyl (C=O) groups is 1. The Hall–Kier alpha value is -2.24. The average molecular weight is 291 g/mol. The number of nitro groups is 1. The fraction of sp³-hybridized carbons (Fsp3) is 0.467. The maximum Gasteiger partial charge on any atom is 0.272 e. The van der Waals surface area contributed by atoms with E-state index in [4.69, 9.17) is 0 Å². The van der Waals surface area contributed by atoms with Gasteiger partial charge in [0.15, 0.2) is 0 Å². The second-order valence-electron chi connectivity index (χ2n) is 4.88. The molecular weight excluding hydrogens is 270 g/mol. The van der Waals surface area contributed by atoms with Crippen LogP contribution in [-0.4, -0.2) is 16.5 Å². The molecule has 6 heteroatoms. The molecule has 21 heavy (non-hydrogen) atoms. The summed E-state index contributed by atoms with van der Waals surface area (Å²) < 4.78 is 0. The minimum atomic E-state index is -0.463. The lowest BCUT2D eigenvalue weighted by atomic mass is 10.1. The summed E-state index contributed by atoms with van der Waals surface area (Å²) in [6, 6.07) is 4.28. The van der Waals surface area contributed by atoms with Crippen LogP contribution in [0, 0.1) is 17.0 Å². The highest BCUT2D eigenvalue weighted by Gasteiger charge is 2.13. The number of hydrogen-bond donors (Lipinski definition) is 1. The summed E-state index contributed by atoms with van der Waals surface area (Å²) in [5.41, 5.74) is 4.32. The van der Waals surface area contributed by atoms with Crippen molar-refractivity contribution < 1.29 is 9.72 Å². The first-order valence-electron chi connectivity index (χ1n) is 7.10. The molecule has 0 atom stereocenters. The quantitative estimate of drug-likeness (QED) is 0.473. The van der Waals surface area contributed by atoms with Crippen LogP contribution in [0.3, 0.4) is 0 Å². The number of rotatable bonds is 7. The summed E-state index contributed by atoms with van der Waals surface area (Å²) in [5, 5.41) is 14.9. The van der Waals surface area contributed by atoms with Crippen molar-refractivity contribution in [1.29, 1.82) is 0 Å². The first-order valence-corrected chi connectivity index (χ1v) is 7.10. The average Bonchev–Trinajstić information content (AvgIpc) is 2.44. The van der Waals surface area contributed by atoms with Gasteiger partial charge in [-0.1, -0.05) is 26.7 Å². The van der Waals surface area contributed by atoms with Gasteiger partial charge in [0.25, 0.3) is 11.6 Å². The molecule has 0 aromatic heterocycles. The van der Waals surface area contributed by atoms with Gasteiger partial charge >= 0.3 is 0 Å². The van der Waals surface area contributed by atoms with E-state index in [-0.39, 0.29) is 11.6 Å². The summed E-state index contributed by atoms with van der Waals surface area (Å²) in [5.74, 6) is -0.349. The van der Waals surface area contributed by atoms with E-state index in [1.807, 2.05) is 0 Å². The second kappa shape index (κ2) is 8.14. The van der Waals surface area contributed by atoms with Crippen molar-refractivity contribution in [3.8, 4) is 0 Å². The van der Waals surface area contributed by atoms with Gasteiger partial charge in [-0.2, -0.15) is 5.10 Å². The third kappa shape index (κ3) is 4.98. The minimum absolute atomic E-state index is 0.00714. The zero-order valence-electron chi connectivity index (χ0n) is 12.7. The minimum Gasteiger partial charge on any atom is -0.267 e. The van der Waals surface area contributed by atoms with Crippen LogP contribution in [0.2, 0.25) is 0 Å². The van der Waals surface area contributed by atoms with Crippen LogP contribution >= 0.6 is 0 Å². The van der Waals surface area contributed by atoms with Gasteiger partial charge in [-0.25, -0.2) is 5.43 Å². The van der Waals surface area contributed by atoms with Gasteiger partial charge in [0.05, 0.1) is 4.92 Å². The molecule has 1 amide bonds. The van der Waals surface area contributed by atoms with Gasteiger partial charge in [-0.15, -0.1) is 0 Å². The molecule has 0 saturated carbocycles. The van der Waals surface area contributed by atoms with Crippen LogP contribution in [0.25, 0.3) is 0 Å². The van der Waals surface area contributed by atoms with Gasteiger partial charge in [-0.3, -0.25) is 14.9 Å².